The van der Waals surface area contributed by atoms with Gasteiger partial charge in [-0.15, -0.1) is 0 Å². The van der Waals surface area contributed by atoms with Gasteiger partial charge in [-0.2, -0.15) is 0 Å². The number of carbonyl (C=O) groups excluding carboxylic acids is 1. The Kier molecular flexibility index (Phi) is 2.15. The molecule has 0 bridgehead atoms. The van der Waals surface area contributed by atoms with Crippen molar-refractivity contribution in [1.29, 1.82) is 0 Å². The van der Waals surface area contributed by atoms with Crippen LogP contribution in [0.3, 0.4) is 0 Å². The number of anilines is 1. The van der Waals surface area contributed by atoms with Crippen molar-refractivity contribution < 1.29 is 9.53 Å². The fourth-order valence-corrected chi connectivity index (χ4v) is 1.79. The second-order valence-corrected chi connectivity index (χ2v) is 3.61. The molecular weight excluding hydrogens is 178 g/mol. The Morgan fingerprint density at radius 1 is 1.57 bits per heavy atom. The van der Waals surface area contributed by atoms with Crippen molar-refractivity contribution in [2.75, 3.05) is 12.4 Å². The molecule has 74 valence electrons. The lowest BCUT2D eigenvalue weighted by atomic mass is 10.1. The molecule has 0 aromatic heterocycles. The number of nitrogens with one attached hydrogen (secondary N) is 1. The first-order chi connectivity index (χ1) is 6.70. The summed E-state index contributed by atoms with van der Waals surface area (Å²) < 4.78 is 4.66. The molecule has 3 heteroatoms. The van der Waals surface area contributed by atoms with Gasteiger partial charge in [0.25, 0.3) is 0 Å². The average molecular weight is 191 g/mol. The van der Waals surface area contributed by atoms with Crippen LogP contribution < -0.4 is 5.32 Å². The number of benzene rings is 1. The van der Waals surface area contributed by atoms with Crippen LogP contribution in [0.4, 0.5) is 5.69 Å². The molecule has 0 radical (unpaired) electrons. The first-order valence-electron chi connectivity index (χ1n) is 4.68. The zero-order valence-electron chi connectivity index (χ0n) is 8.33. The maximum absolute atomic E-state index is 11.3. The van der Waals surface area contributed by atoms with E-state index < -0.39 is 0 Å². The van der Waals surface area contributed by atoms with E-state index in [4.69, 9.17) is 0 Å². The van der Waals surface area contributed by atoms with E-state index in [1.165, 1.54) is 12.7 Å². The van der Waals surface area contributed by atoms with Gasteiger partial charge in [0, 0.05) is 11.7 Å². The van der Waals surface area contributed by atoms with Crippen LogP contribution in [0.15, 0.2) is 18.2 Å². The van der Waals surface area contributed by atoms with Crippen LogP contribution >= 0.6 is 0 Å². The summed E-state index contributed by atoms with van der Waals surface area (Å²) in [5, 5.41) is 3.33. The lowest BCUT2D eigenvalue weighted by molar-refractivity contribution is 0.0600. The third kappa shape index (κ3) is 1.45. The van der Waals surface area contributed by atoms with Crippen molar-refractivity contribution in [2.45, 2.75) is 19.4 Å². The van der Waals surface area contributed by atoms with Crippen molar-refractivity contribution in [3.63, 3.8) is 0 Å². The summed E-state index contributed by atoms with van der Waals surface area (Å²) >= 11 is 0. The normalized spacial score (nSPS) is 18.6. The van der Waals surface area contributed by atoms with Crippen LogP contribution in [0.1, 0.15) is 22.8 Å². The zero-order chi connectivity index (χ0) is 10.1. The van der Waals surface area contributed by atoms with Crippen LogP contribution in [0, 0.1) is 0 Å². The summed E-state index contributed by atoms with van der Waals surface area (Å²) in [5.41, 5.74) is 2.95. The average Bonchev–Trinajstić information content (AvgIpc) is 2.55. The van der Waals surface area contributed by atoms with Gasteiger partial charge < -0.3 is 10.1 Å². The van der Waals surface area contributed by atoms with Crippen molar-refractivity contribution in [3.8, 4) is 0 Å². The molecule has 2 rings (SSSR count). The molecule has 0 spiro atoms. The summed E-state index contributed by atoms with van der Waals surface area (Å²) in [6.07, 6.45) is 0.972. The van der Waals surface area contributed by atoms with Crippen LogP contribution in [0.25, 0.3) is 0 Å². The minimum atomic E-state index is -0.271. The standard InChI is InChI=1S/C11H13NO2/c1-7-5-9-6-8(11(13)14-2)3-4-10(9)12-7/h3-4,6-7,12H,5H2,1-2H3/t7-/m0/s1. The van der Waals surface area contributed by atoms with Gasteiger partial charge in [-0.05, 0) is 37.1 Å². The number of fused-ring (bicyclic) bond motifs is 1. The molecule has 0 aliphatic carbocycles. The smallest absolute Gasteiger partial charge is 0.337 e. The van der Waals surface area contributed by atoms with Crippen LogP contribution in [-0.2, 0) is 11.2 Å². The molecular formula is C11H13NO2. The molecule has 1 aliphatic heterocycles. The molecule has 1 heterocycles. The number of hydrogen-bond acceptors (Lipinski definition) is 3. The zero-order valence-corrected chi connectivity index (χ0v) is 8.33. The molecule has 3 nitrogen and oxygen atoms in total. The maximum atomic E-state index is 11.3. The highest BCUT2D eigenvalue weighted by molar-refractivity contribution is 5.90. The Hall–Kier alpha value is -1.51. The Bertz CT molecular complexity index is 374. The molecule has 0 saturated heterocycles. The Morgan fingerprint density at radius 3 is 3.07 bits per heavy atom. The highest BCUT2D eigenvalue weighted by Crippen LogP contribution is 2.26. The van der Waals surface area contributed by atoms with Crippen molar-refractivity contribution >= 4 is 11.7 Å². The maximum Gasteiger partial charge on any atom is 0.337 e. The van der Waals surface area contributed by atoms with Gasteiger partial charge in [-0.25, -0.2) is 4.79 Å². The monoisotopic (exact) mass is 191 g/mol. The first kappa shape index (κ1) is 9.06. The van der Waals surface area contributed by atoms with Gasteiger partial charge in [0.15, 0.2) is 0 Å². The van der Waals surface area contributed by atoms with E-state index >= 15 is 0 Å². The Labute approximate surface area is 83.1 Å². The van der Waals surface area contributed by atoms with Crippen molar-refractivity contribution in [2.24, 2.45) is 0 Å². The topological polar surface area (TPSA) is 38.3 Å². The van der Waals surface area contributed by atoms with E-state index in [0.29, 0.717) is 11.6 Å². The van der Waals surface area contributed by atoms with E-state index in [0.717, 1.165) is 12.1 Å². The van der Waals surface area contributed by atoms with E-state index in [-0.39, 0.29) is 5.97 Å². The fraction of sp³-hybridized carbons (Fsp3) is 0.364. The predicted octanol–water partition coefficient (Wildman–Crippen LogP) is 1.83. The van der Waals surface area contributed by atoms with Gasteiger partial charge in [-0.1, -0.05) is 0 Å². The van der Waals surface area contributed by atoms with Gasteiger partial charge in [-0.3, -0.25) is 0 Å². The van der Waals surface area contributed by atoms with Gasteiger partial charge >= 0.3 is 5.97 Å². The predicted molar refractivity (Wildman–Crippen MR) is 54.6 cm³/mol. The minimum Gasteiger partial charge on any atom is -0.465 e. The molecule has 0 fully saturated rings. The summed E-state index contributed by atoms with van der Waals surface area (Å²) in [6.45, 7) is 2.12. The summed E-state index contributed by atoms with van der Waals surface area (Å²) in [7, 11) is 1.40. The number of rotatable bonds is 1. The molecule has 1 N–H and O–H groups in total. The van der Waals surface area contributed by atoms with Crippen molar-refractivity contribution in [1.82, 2.24) is 0 Å². The first-order valence-corrected chi connectivity index (χ1v) is 4.68. The highest BCUT2D eigenvalue weighted by atomic mass is 16.5. The third-order valence-electron chi connectivity index (χ3n) is 2.45. The van der Waals surface area contributed by atoms with E-state index in [1.54, 1.807) is 6.07 Å². The lowest BCUT2D eigenvalue weighted by Crippen LogP contribution is -2.08. The van der Waals surface area contributed by atoms with E-state index in [9.17, 15) is 4.79 Å². The molecule has 1 atom stereocenters. The largest absolute Gasteiger partial charge is 0.465 e. The number of carbonyl (C=O) groups is 1. The molecule has 0 unspecified atom stereocenters. The van der Waals surface area contributed by atoms with Crippen LogP contribution in [0.2, 0.25) is 0 Å². The quantitative estimate of drug-likeness (QED) is 0.688. The second kappa shape index (κ2) is 3.33. The summed E-state index contributed by atoms with van der Waals surface area (Å²) in [5.74, 6) is -0.271. The lowest BCUT2D eigenvalue weighted by Gasteiger charge is -2.03. The number of ether oxygens (including phenoxy) is 1. The summed E-state index contributed by atoms with van der Waals surface area (Å²) in [6, 6.07) is 6.08. The third-order valence-corrected chi connectivity index (χ3v) is 2.45. The highest BCUT2D eigenvalue weighted by Gasteiger charge is 2.18. The second-order valence-electron chi connectivity index (χ2n) is 3.61. The molecule has 1 aromatic carbocycles. The molecule has 14 heavy (non-hydrogen) atoms. The van der Waals surface area contributed by atoms with E-state index in [2.05, 4.69) is 17.0 Å². The Morgan fingerprint density at radius 2 is 2.36 bits per heavy atom. The molecule has 1 aromatic rings. The van der Waals surface area contributed by atoms with E-state index in [1.807, 2.05) is 12.1 Å². The number of esters is 1. The van der Waals surface area contributed by atoms with Gasteiger partial charge in [0.2, 0.25) is 0 Å². The molecule has 1 aliphatic rings. The Balaban J connectivity index is 2.33. The van der Waals surface area contributed by atoms with Gasteiger partial charge in [0.05, 0.1) is 12.7 Å². The van der Waals surface area contributed by atoms with Crippen molar-refractivity contribution in [3.05, 3.63) is 29.3 Å². The van der Waals surface area contributed by atoms with Gasteiger partial charge in [0.1, 0.15) is 0 Å². The molecule has 0 saturated carbocycles. The number of hydrogen-bond donors (Lipinski definition) is 1. The minimum absolute atomic E-state index is 0.271. The number of methoxy groups -OCH3 is 1. The fourth-order valence-electron chi connectivity index (χ4n) is 1.79. The van der Waals surface area contributed by atoms with Crippen LogP contribution in [0.5, 0.6) is 0 Å². The SMILES string of the molecule is COC(=O)c1ccc2c(c1)C[C@H](C)N2. The summed E-state index contributed by atoms with van der Waals surface area (Å²) in [4.78, 5) is 11.3. The molecule has 0 amide bonds. The van der Waals surface area contributed by atoms with Crippen LogP contribution in [-0.4, -0.2) is 19.1 Å².